The lowest BCUT2D eigenvalue weighted by Gasteiger charge is -2.06. The Hall–Kier alpha value is -2.11. The number of anilines is 1. The van der Waals surface area contributed by atoms with Crippen LogP contribution in [0.4, 0.5) is 5.95 Å². The highest BCUT2D eigenvalue weighted by molar-refractivity contribution is 5.30. The first-order valence-corrected chi connectivity index (χ1v) is 5.57. The molecule has 0 radical (unpaired) electrons. The number of rotatable bonds is 6. The van der Waals surface area contributed by atoms with E-state index >= 15 is 0 Å². The van der Waals surface area contributed by atoms with Crippen LogP contribution in [0.15, 0.2) is 24.3 Å². The number of nitrogens with one attached hydrogen (secondary N) is 2. The normalized spacial score (nSPS) is 10.2. The van der Waals surface area contributed by atoms with Crippen molar-refractivity contribution in [2.45, 2.75) is 19.9 Å². The minimum absolute atomic E-state index is 0.497. The molecule has 0 saturated carbocycles. The highest BCUT2D eigenvalue weighted by Crippen LogP contribution is 2.13. The molecule has 90 valence electrons. The van der Waals surface area contributed by atoms with Crippen molar-refractivity contribution in [2.24, 2.45) is 0 Å². The molecule has 0 aliphatic heterocycles. The van der Waals surface area contributed by atoms with Gasteiger partial charge in [0.2, 0.25) is 0 Å². The number of nitrogens with zero attached hydrogens (tertiary/aromatic N) is 3. The van der Waals surface area contributed by atoms with Crippen molar-refractivity contribution in [3.05, 3.63) is 29.8 Å². The fourth-order valence-electron chi connectivity index (χ4n) is 1.34. The van der Waals surface area contributed by atoms with Gasteiger partial charge in [0, 0.05) is 6.54 Å². The fourth-order valence-corrected chi connectivity index (χ4v) is 1.34. The van der Waals surface area contributed by atoms with Crippen molar-refractivity contribution in [1.29, 1.82) is 0 Å². The molecule has 1 aromatic carbocycles. The lowest BCUT2D eigenvalue weighted by molar-refractivity contribution is 0.317. The van der Waals surface area contributed by atoms with Crippen LogP contribution in [-0.4, -0.2) is 27.2 Å². The molecule has 0 saturated heterocycles. The van der Waals surface area contributed by atoms with Crippen molar-refractivity contribution < 1.29 is 4.74 Å². The summed E-state index contributed by atoms with van der Waals surface area (Å²) >= 11 is 0. The second-order valence-corrected chi connectivity index (χ2v) is 3.58. The van der Waals surface area contributed by atoms with Gasteiger partial charge in [0.1, 0.15) is 5.75 Å². The molecule has 0 bridgehead atoms. The summed E-state index contributed by atoms with van der Waals surface area (Å²) in [6.07, 6.45) is 1.02. The van der Waals surface area contributed by atoms with E-state index in [0.29, 0.717) is 12.5 Å². The van der Waals surface area contributed by atoms with E-state index in [0.717, 1.165) is 24.3 Å². The summed E-state index contributed by atoms with van der Waals surface area (Å²) in [4.78, 5) is 0. The van der Waals surface area contributed by atoms with Crippen LogP contribution in [0.1, 0.15) is 18.9 Å². The molecule has 0 aliphatic carbocycles. The van der Waals surface area contributed by atoms with Crippen LogP contribution in [0.3, 0.4) is 0 Å². The van der Waals surface area contributed by atoms with Gasteiger partial charge in [0.15, 0.2) is 0 Å². The Morgan fingerprint density at radius 3 is 2.76 bits per heavy atom. The molecule has 0 amide bonds. The van der Waals surface area contributed by atoms with Crippen LogP contribution in [0.2, 0.25) is 0 Å². The quantitative estimate of drug-likeness (QED) is 0.792. The summed E-state index contributed by atoms with van der Waals surface area (Å²) in [7, 11) is 0. The monoisotopic (exact) mass is 233 g/mol. The summed E-state index contributed by atoms with van der Waals surface area (Å²) in [5, 5.41) is 16.5. The number of aromatic amines is 1. The molecule has 1 heterocycles. The van der Waals surface area contributed by atoms with Crippen LogP contribution in [-0.2, 0) is 6.54 Å². The van der Waals surface area contributed by atoms with Crippen LogP contribution in [0.5, 0.6) is 5.75 Å². The summed E-state index contributed by atoms with van der Waals surface area (Å²) in [5.74, 6) is 1.39. The van der Waals surface area contributed by atoms with Gasteiger partial charge in [-0.3, -0.25) is 0 Å². The zero-order chi connectivity index (χ0) is 11.9. The topological polar surface area (TPSA) is 75.7 Å². The average molecular weight is 233 g/mol. The van der Waals surface area contributed by atoms with E-state index in [2.05, 4.69) is 32.9 Å². The van der Waals surface area contributed by atoms with Crippen molar-refractivity contribution in [2.75, 3.05) is 11.9 Å². The Balaban J connectivity index is 1.85. The molecule has 2 N–H and O–H groups in total. The van der Waals surface area contributed by atoms with Gasteiger partial charge in [-0.05, 0) is 29.3 Å². The van der Waals surface area contributed by atoms with E-state index in [-0.39, 0.29) is 0 Å². The Morgan fingerprint density at radius 2 is 2.12 bits per heavy atom. The molecule has 6 heteroatoms. The van der Waals surface area contributed by atoms with Crippen molar-refractivity contribution in [3.8, 4) is 5.75 Å². The van der Waals surface area contributed by atoms with Crippen LogP contribution in [0.25, 0.3) is 0 Å². The predicted octanol–water partition coefficient (Wildman–Crippen LogP) is 1.60. The molecule has 2 aromatic rings. The van der Waals surface area contributed by atoms with Crippen LogP contribution in [0, 0.1) is 0 Å². The van der Waals surface area contributed by atoms with Gasteiger partial charge in [-0.1, -0.05) is 24.2 Å². The van der Waals surface area contributed by atoms with Gasteiger partial charge in [0.05, 0.1) is 6.61 Å². The third-order valence-electron chi connectivity index (χ3n) is 2.19. The Labute approximate surface area is 99.4 Å². The van der Waals surface area contributed by atoms with E-state index in [4.69, 9.17) is 4.74 Å². The third kappa shape index (κ3) is 3.44. The molecule has 0 atom stereocenters. The summed E-state index contributed by atoms with van der Waals surface area (Å²) in [6.45, 7) is 3.50. The van der Waals surface area contributed by atoms with Crippen LogP contribution >= 0.6 is 0 Å². The van der Waals surface area contributed by atoms with Gasteiger partial charge < -0.3 is 10.1 Å². The maximum Gasteiger partial charge on any atom is 0.263 e. The SMILES string of the molecule is CCCOc1ccc(CNc2nn[nH]n2)cc1. The number of aromatic nitrogens is 4. The standard InChI is InChI=1S/C11H15N5O/c1-2-7-17-10-5-3-9(4-6-10)8-12-11-13-15-16-14-11/h3-6H,2,7-8H2,1H3,(H2,12,13,14,15,16). The van der Waals surface area contributed by atoms with E-state index in [9.17, 15) is 0 Å². The van der Waals surface area contributed by atoms with Gasteiger partial charge >= 0.3 is 0 Å². The number of benzene rings is 1. The highest BCUT2D eigenvalue weighted by Gasteiger charge is 1.98. The van der Waals surface area contributed by atoms with E-state index in [1.807, 2.05) is 24.3 Å². The maximum absolute atomic E-state index is 5.50. The zero-order valence-electron chi connectivity index (χ0n) is 9.68. The van der Waals surface area contributed by atoms with Crippen molar-refractivity contribution in [1.82, 2.24) is 20.6 Å². The number of hydrogen-bond acceptors (Lipinski definition) is 5. The van der Waals surface area contributed by atoms with Gasteiger partial charge in [-0.25, -0.2) is 0 Å². The molecule has 1 aromatic heterocycles. The molecule has 0 fully saturated rings. The summed E-state index contributed by atoms with van der Waals surface area (Å²) in [6, 6.07) is 7.95. The average Bonchev–Trinajstić information content (AvgIpc) is 2.88. The second-order valence-electron chi connectivity index (χ2n) is 3.58. The molecule has 17 heavy (non-hydrogen) atoms. The highest BCUT2D eigenvalue weighted by atomic mass is 16.5. The lowest BCUT2D eigenvalue weighted by Crippen LogP contribution is -2.01. The maximum atomic E-state index is 5.50. The third-order valence-corrected chi connectivity index (χ3v) is 2.19. The summed E-state index contributed by atoms with van der Waals surface area (Å²) < 4.78 is 5.50. The molecular weight excluding hydrogens is 218 g/mol. The number of hydrogen-bond donors (Lipinski definition) is 2. The van der Waals surface area contributed by atoms with Gasteiger partial charge in [-0.2, -0.15) is 5.21 Å². The van der Waals surface area contributed by atoms with E-state index in [1.54, 1.807) is 0 Å². The Kier molecular flexibility index (Phi) is 3.90. The largest absolute Gasteiger partial charge is 0.494 e. The first-order chi connectivity index (χ1) is 8.38. The number of H-pyrrole nitrogens is 1. The Bertz CT molecular complexity index is 426. The van der Waals surface area contributed by atoms with Crippen molar-refractivity contribution >= 4 is 5.95 Å². The van der Waals surface area contributed by atoms with Crippen LogP contribution < -0.4 is 10.1 Å². The first-order valence-electron chi connectivity index (χ1n) is 5.57. The molecule has 0 unspecified atom stereocenters. The molecule has 0 aliphatic rings. The van der Waals surface area contributed by atoms with Gasteiger partial charge in [-0.15, -0.1) is 5.10 Å². The summed E-state index contributed by atoms with van der Waals surface area (Å²) in [5.41, 5.74) is 1.14. The van der Waals surface area contributed by atoms with Gasteiger partial charge in [0.25, 0.3) is 5.95 Å². The minimum atomic E-state index is 0.497. The van der Waals surface area contributed by atoms with Crippen molar-refractivity contribution in [3.63, 3.8) is 0 Å². The zero-order valence-corrected chi connectivity index (χ0v) is 9.68. The number of tetrazole rings is 1. The smallest absolute Gasteiger partial charge is 0.263 e. The predicted molar refractivity (Wildman–Crippen MR) is 63.7 cm³/mol. The first kappa shape index (κ1) is 11.4. The van der Waals surface area contributed by atoms with E-state index < -0.39 is 0 Å². The molecule has 6 nitrogen and oxygen atoms in total. The number of ether oxygens (including phenoxy) is 1. The van der Waals surface area contributed by atoms with E-state index in [1.165, 1.54) is 0 Å². The molecule has 2 rings (SSSR count). The Morgan fingerprint density at radius 1 is 1.29 bits per heavy atom. The molecule has 0 spiro atoms. The second kappa shape index (κ2) is 5.83. The lowest BCUT2D eigenvalue weighted by atomic mass is 10.2. The minimum Gasteiger partial charge on any atom is -0.494 e. The fraction of sp³-hybridized carbons (Fsp3) is 0.364. The molecular formula is C11H15N5O.